The summed E-state index contributed by atoms with van der Waals surface area (Å²) < 4.78 is 2.44. The maximum absolute atomic E-state index is 12.2. The van der Waals surface area contributed by atoms with E-state index in [9.17, 15) is 4.79 Å². The molecule has 0 bridgehead atoms. The number of nitrogens with zero attached hydrogens (tertiary/aromatic N) is 6. The number of aromatic nitrogens is 6. The van der Waals surface area contributed by atoms with Crippen molar-refractivity contribution in [3.63, 3.8) is 0 Å². The predicted octanol–water partition coefficient (Wildman–Crippen LogP) is 1.25. The van der Waals surface area contributed by atoms with Crippen LogP contribution in [0, 0.1) is 0 Å². The number of carbonyl (C=O) groups excluding carboxylic acids is 1. The summed E-state index contributed by atoms with van der Waals surface area (Å²) in [5, 5.41) is 15.3. The Morgan fingerprint density at radius 1 is 1.33 bits per heavy atom. The summed E-state index contributed by atoms with van der Waals surface area (Å²) in [4.78, 5) is 12.2. The molecule has 0 unspecified atom stereocenters. The molecule has 0 aliphatic carbocycles. The van der Waals surface area contributed by atoms with Crippen molar-refractivity contribution in [3.05, 3.63) is 23.8 Å². The van der Waals surface area contributed by atoms with Crippen molar-refractivity contribution in [3.8, 4) is 0 Å². The molecule has 2 aromatic rings. The van der Waals surface area contributed by atoms with Gasteiger partial charge in [-0.25, -0.2) is 4.79 Å². The normalized spacial score (nSPS) is 11.8. The fraction of sp³-hybridized carbons (Fsp3) is 0.545. The van der Waals surface area contributed by atoms with Crippen LogP contribution in [0.4, 0.5) is 4.79 Å². The highest BCUT2D eigenvalue weighted by Gasteiger charge is 2.28. The van der Waals surface area contributed by atoms with Crippen LogP contribution < -0.4 is 0 Å². The van der Waals surface area contributed by atoms with E-state index in [0.29, 0.717) is 0 Å². The minimum Gasteiger partial charge on any atom is -0.243 e. The molecule has 0 amide bonds. The van der Waals surface area contributed by atoms with Crippen LogP contribution in [-0.4, -0.2) is 36.0 Å². The van der Waals surface area contributed by atoms with E-state index in [1.54, 1.807) is 0 Å². The van der Waals surface area contributed by atoms with Gasteiger partial charge in [0.1, 0.15) is 0 Å². The van der Waals surface area contributed by atoms with Crippen LogP contribution in [0.25, 0.3) is 0 Å². The van der Waals surface area contributed by atoms with Crippen molar-refractivity contribution in [2.24, 2.45) is 0 Å². The Hall–Kier alpha value is -2.05. The molecule has 2 aromatic heterocycles. The van der Waals surface area contributed by atoms with Crippen molar-refractivity contribution in [1.29, 1.82) is 0 Å². The third kappa shape index (κ3) is 2.03. The SMILES string of the molecule is CCc1nnn(C(=O)n2ccnn2)c1C(C)(C)C. The Bertz CT molecular complexity index is 549. The van der Waals surface area contributed by atoms with Crippen molar-refractivity contribution in [1.82, 2.24) is 30.0 Å². The zero-order valence-corrected chi connectivity index (χ0v) is 11.0. The summed E-state index contributed by atoms with van der Waals surface area (Å²) in [5.74, 6) is 0. The van der Waals surface area contributed by atoms with Crippen LogP contribution >= 0.6 is 0 Å². The molecule has 7 heteroatoms. The van der Waals surface area contributed by atoms with Crippen LogP contribution in [0.2, 0.25) is 0 Å². The molecule has 0 aliphatic rings. The van der Waals surface area contributed by atoms with Gasteiger partial charge in [0.05, 0.1) is 23.8 Å². The van der Waals surface area contributed by atoms with Crippen LogP contribution in [-0.2, 0) is 11.8 Å². The largest absolute Gasteiger partial charge is 0.372 e. The number of hydrogen-bond donors (Lipinski definition) is 0. The van der Waals surface area contributed by atoms with Crippen LogP contribution in [0.15, 0.2) is 12.4 Å². The Labute approximate surface area is 105 Å². The predicted molar refractivity (Wildman–Crippen MR) is 64.3 cm³/mol. The minimum atomic E-state index is -0.371. The quantitative estimate of drug-likeness (QED) is 0.758. The van der Waals surface area contributed by atoms with E-state index < -0.39 is 0 Å². The molecule has 0 saturated carbocycles. The Balaban J connectivity index is 2.52. The van der Waals surface area contributed by atoms with E-state index in [4.69, 9.17) is 0 Å². The zero-order chi connectivity index (χ0) is 13.3. The Kier molecular flexibility index (Phi) is 2.98. The molecule has 0 spiro atoms. The lowest BCUT2D eigenvalue weighted by atomic mass is 9.90. The maximum atomic E-state index is 12.2. The zero-order valence-electron chi connectivity index (χ0n) is 11.0. The van der Waals surface area contributed by atoms with E-state index in [2.05, 4.69) is 20.6 Å². The van der Waals surface area contributed by atoms with E-state index in [1.807, 2.05) is 27.7 Å². The van der Waals surface area contributed by atoms with E-state index in [1.165, 1.54) is 17.1 Å². The summed E-state index contributed by atoms with van der Waals surface area (Å²) in [5.41, 5.74) is 1.42. The molecule has 7 nitrogen and oxygen atoms in total. The van der Waals surface area contributed by atoms with Gasteiger partial charge in [0.2, 0.25) is 0 Å². The number of carbonyl (C=O) groups is 1. The highest BCUT2D eigenvalue weighted by Crippen LogP contribution is 2.24. The summed E-state index contributed by atoms with van der Waals surface area (Å²) >= 11 is 0. The molecule has 96 valence electrons. The second-order valence-corrected chi connectivity index (χ2v) is 5.03. The minimum absolute atomic E-state index is 0.217. The first kappa shape index (κ1) is 12.4. The summed E-state index contributed by atoms with van der Waals surface area (Å²) in [6, 6.07) is -0.371. The second-order valence-electron chi connectivity index (χ2n) is 5.03. The van der Waals surface area contributed by atoms with Gasteiger partial charge in [-0.05, 0) is 6.42 Å². The molecule has 0 radical (unpaired) electrons. The van der Waals surface area contributed by atoms with Gasteiger partial charge in [-0.1, -0.05) is 38.1 Å². The molecule has 0 fully saturated rings. The molecule has 0 N–H and O–H groups in total. The highest BCUT2D eigenvalue weighted by molar-refractivity contribution is 5.78. The van der Waals surface area contributed by atoms with Crippen LogP contribution in [0.5, 0.6) is 0 Å². The smallest absolute Gasteiger partial charge is 0.243 e. The lowest BCUT2D eigenvalue weighted by Crippen LogP contribution is -2.28. The summed E-state index contributed by atoms with van der Waals surface area (Å²) in [6.45, 7) is 8.06. The number of hydrogen-bond acceptors (Lipinski definition) is 5. The summed E-state index contributed by atoms with van der Waals surface area (Å²) in [7, 11) is 0. The first-order valence-electron chi connectivity index (χ1n) is 5.81. The molecule has 0 atom stereocenters. The third-order valence-electron chi connectivity index (χ3n) is 2.59. The molecule has 0 saturated heterocycles. The first-order valence-corrected chi connectivity index (χ1v) is 5.81. The van der Waals surface area contributed by atoms with Crippen LogP contribution in [0.3, 0.4) is 0 Å². The van der Waals surface area contributed by atoms with Gasteiger partial charge >= 0.3 is 6.03 Å². The molecule has 0 aliphatic heterocycles. The monoisotopic (exact) mass is 248 g/mol. The lowest BCUT2D eigenvalue weighted by Gasteiger charge is -2.19. The van der Waals surface area contributed by atoms with Gasteiger partial charge in [-0.3, -0.25) is 0 Å². The molecule has 0 aromatic carbocycles. The number of rotatable bonds is 1. The van der Waals surface area contributed by atoms with E-state index in [0.717, 1.165) is 22.5 Å². The van der Waals surface area contributed by atoms with Crippen molar-refractivity contribution >= 4 is 6.03 Å². The van der Waals surface area contributed by atoms with Gasteiger partial charge < -0.3 is 0 Å². The van der Waals surface area contributed by atoms with Gasteiger partial charge in [-0.15, -0.1) is 10.2 Å². The fourth-order valence-corrected chi connectivity index (χ4v) is 1.84. The van der Waals surface area contributed by atoms with Gasteiger partial charge in [-0.2, -0.15) is 9.36 Å². The second kappa shape index (κ2) is 4.32. The Morgan fingerprint density at radius 3 is 2.56 bits per heavy atom. The first-order chi connectivity index (χ1) is 8.45. The molecular weight excluding hydrogens is 232 g/mol. The fourth-order valence-electron chi connectivity index (χ4n) is 1.84. The average molecular weight is 248 g/mol. The topological polar surface area (TPSA) is 78.5 Å². The maximum Gasteiger partial charge on any atom is 0.372 e. The molecular formula is C11H16N6O. The Morgan fingerprint density at radius 2 is 2.06 bits per heavy atom. The van der Waals surface area contributed by atoms with E-state index in [-0.39, 0.29) is 11.4 Å². The van der Waals surface area contributed by atoms with Crippen LogP contribution in [0.1, 0.15) is 39.1 Å². The third-order valence-corrected chi connectivity index (χ3v) is 2.59. The standard InChI is InChI=1S/C11H16N6O/c1-5-8-9(11(2,3)4)17(15-13-8)10(18)16-7-6-12-14-16/h6-7H,5H2,1-4H3. The molecule has 2 heterocycles. The van der Waals surface area contributed by atoms with Crippen molar-refractivity contribution in [2.75, 3.05) is 0 Å². The average Bonchev–Trinajstić information content (AvgIpc) is 2.96. The van der Waals surface area contributed by atoms with Gasteiger partial charge in [0.25, 0.3) is 0 Å². The highest BCUT2D eigenvalue weighted by atomic mass is 16.2. The number of aryl methyl sites for hydroxylation is 1. The van der Waals surface area contributed by atoms with Crippen molar-refractivity contribution < 1.29 is 4.79 Å². The van der Waals surface area contributed by atoms with Crippen molar-refractivity contribution in [2.45, 2.75) is 39.5 Å². The van der Waals surface area contributed by atoms with Gasteiger partial charge in [0, 0.05) is 5.41 Å². The van der Waals surface area contributed by atoms with Gasteiger partial charge in [0.15, 0.2) is 0 Å². The molecule has 18 heavy (non-hydrogen) atoms. The molecule has 2 rings (SSSR count). The lowest BCUT2D eigenvalue weighted by molar-refractivity contribution is 0.235. The summed E-state index contributed by atoms with van der Waals surface area (Å²) in [6.07, 6.45) is 3.67. The van der Waals surface area contributed by atoms with E-state index >= 15 is 0 Å².